The van der Waals surface area contributed by atoms with Crippen LogP contribution in [0, 0.1) is 22.6 Å². The zero-order valence-corrected chi connectivity index (χ0v) is 23.3. The van der Waals surface area contributed by atoms with Gasteiger partial charge in [0, 0.05) is 37.8 Å². The number of pyridine rings is 1. The highest BCUT2D eigenvalue weighted by Gasteiger charge is 2.57. The number of hydrogen-bond acceptors (Lipinski definition) is 6. The van der Waals surface area contributed by atoms with Crippen LogP contribution < -0.4 is 5.73 Å². The number of hydrazone groups is 1. The van der Waals surface area contributed by atoms with Crippen molar-refractivity contribution in [1.82, 2.24) is 14.9 Å². The molecule has 2 atom stereocenters. The zero-order chi connectivity index (χ0) is 30.9. The molecule has 0 aliphatic carbocycles. The van der Waals surface area contributed by atoms with Gasteiger partial charge in [0.25, 0.3) is 5.91 Å². The van der Waals surface area contributed by atoms with Crippen LogP contribution in [0.5, 0.6) is 0 Å². The molecule has 0 spiro atoms. The average molecular weight is 592 g/mol. The van der Waals surface area contributed by atoms with Gasteiger partial charge in [-0.25, -0.2) is 9.40 Å². The number of aliphatic hydroxyl groups is 1. The van der Waals surface area contributed by atoms with Crippen molar-refractivity contribution in [2.75, 3.05) is 19.6 Å². The van der Waals surface area contributed by atoms with Crippen molar-refractivity contribution >= 4 is 23.4 Å². The number of fused-ring (bicyclic) bond motifs is 1. The fourth-order valence-corrected chi connectivity index (χ4v) is 5.73. The van der Waals surface area contributed by atoms with Gasteiger partial charge >= 0.3 is 6.18 Å². The Morgan fingerprint density at radius 1 is 1.17 bits per heavy atom. The minimum atomic E-state index is -4.68. The topological polar surface area (TPSA) is 129 Å². The van der Waals surface area contributed by atoms with Gasteiger partial charge in [-0.05, 0) is 48.2 Å². The number of carbonyl (C=O) groups is 3. The summed E-state index contributed by atoms with van der Waals surface area (Å²) in [5, 5.41) is 14.2. The Hall–Kier alpha value is -3.87. The van der Waals surface area contributed by atoms with Gasteiger partial charge in [-0.2, -0.15) is 18.3 Å². The molecule has 0 bridgehead atoms. The Kier molecular flexibility index (Phi) is 8.72. The Morgan fingerprint density at radius 2 is 1.90 bits per heavy atom. The number of carbonyl (C=O) groups excluding carboxylic acids is 3. The zero-order valence-electron chi connectivity index (χ0n) is 23.3. The number of primary amides is 1. The molecule has 4 rings (SSSR count). The monoisotopic (exact) mass is 591 g/mol. The molecular weight excluding hydrogens is 558 g/mol. The van der Waals surface area contributed by atoms with Crippen LogP contribution in [0.1, 0.15) is 43.5 Å². The van der Waals surface area contributed by atoms with Gasteiger partial charge < -0.3 is 15.7 Å². The van der Waals surface area contributed by atoms with E-state index in [0.29, 0.717) is 21.8 Å². The minimum absolute atomic E-state index is 0.0426. The van der Waals surface area contributed by atoms with E-state index < -0.39 is 53.0 Å². The third kappa shape index (κ3) is 6.30. The van der Waals surface area contributed by atoms with Crippen molar-refractivity contribution in [1.29, 1.82) is 0 Å². The third-order valence-electron chi connectivity index (χ3n) is 8.21. The first-order valence-electron chi connectivity index (χ1n) is 13.5. The minimum Gasteiger partial charge on any atom is -0.392 e. The maximum Gasteiger partial charge on any atom is 0.408 e. The maximum atomic E-state index is 14.1. The maximum absolute atomic E-state index is 14.1. The lowest BCUT2D eigenvalue weighted by Gasteiger charge is -2.42. The molecule has 3 N–H and O–H groups in total. The average Bonchev–Trinajstić information content (AvgIpc) is 3.18. The van der Waals surface area contributed by atoms with Crippen LogP contribution in [0.3, 0.4) is 0 Å². The summed E-state index contributed by atoms with van der Waals surface area (Å²) in [6.45, 7) is 0.911. The summed E-state index contributed by atoms with van der Waals surface area (Å²) < 4.78 is 53.9. The van der Waals surface area contributed by atoms with E-state index in [2.05, 4.69) is 10.1 Å². The highest BCUT2D eigenvalue weighted by molar-refractivity contribution is 6.13. The molecule has 0 radical (unpaired) electrons. The van der Waals surface area contributed by atoms with E-state index in [-0.39, 0.29) is 51.1 Å². The number of alkyl halides is 3. The van der Waals surface area contributed by atoms with Crippen LogP contribution in [0.2, 0.25) is 0 Å². The normalized spacial score (nSPS) is 19.9. The number of aromatic nitrogens is 1. The third-order valence-corrected chi connectivity index (χ3v) is 8.21. The molecule has 1 fully saturated rings. The molecule has 2 aliphatic heterocycles. The Bertz CT molecular complexity index is 1380. The Balaban J connectivity index is 1.67. The first kappa shape index (κ1) is 31.1. The molecule has 1 saturated heterocycles. The van der Waals surface area contributed by atoms with E-state index in [1.54, 1.807) is 18.2 Å². The summed E-state index contributed by atoms with van der Waals surface area (Å²) in [5.74, 6) is -3.68. The van der Waals surface area contributed by atoms with Crippen molar-refractivity contribution in [2.45, 2.75) is 52.3 Å². The number of nitrogens with zero attached hydrogens (tertiary/aromatic N) is 4. The quantitative estimate of drug-likeness (QED) is 0.411. The van der Waals surface area contributed by atoms with Crippen LogP contribution in [-0.2, 0) is 33.8 Å². The number of nitrogens with two attached hydrogens (primary N) is 1. The van der Waals surface area contributed by atoms with Crippen LogP contribution >= 0.6 is 0 Å². The lowest BCUT2D eigenvalue weighted by atomic mass is 9.71. The highest BCUT2D eigenvalue weighted by Crippen LogP contribution is 2.41. The predicted octanol–water partition coefficient (Wildman–Crippen LogP) is 3.00. The van der Waals surface area contributed by atoms with Crippen molar-refractivity contribution in [3.8, 4) is 0 Å². The molecule has 2 aliphatic rings. The fourth-order valence-electron chi connectivity index (χ4n) is 5.73. The van der Waals surface area contributed by atoms with E-state index in [4.69, 9.17) is 5.73 Å². The molecule has 3 amide bonds. The molecule has 9 nitrogen and oxygen atoms in total. The number of halogens is 4. The lowest BCUT2D eigenvalue weighted by molar-refractivity contribution is -0.164. The van der Waals surface area contributed by atoms with E-state index in [1.165, 1.54) is 43.1 Å². The van der Waals surface area contributed by atoms with Gasteiger partial charge in [-0.1, -0.05) is 26.0 Å². The van der Waals surface area contributed by atoms with Gasteiger partial charge in [0.2, 0.25) is 11.8 Å². The molecule has 42 heavy (non-hydrogen) atoms. The van der Waals surface area contributed by atoms with Crippen molar-refractivity contribution in [3.63, 3.8) is 0 Å². The summed E-state index contributed by atoms with van der Waals surface area (Å²) in [5.41, 5.74) is 4.37. The number of rotatable bonds is 10. The summed E-state index contributed by atoms with van der Waals surface area (Å²) in [6, 6.07) is 8.89. The Labute approximate surface area is 240 Å². The second-order valence-corrected chi connectivity index (χ2v) is 11.4. The molecule has 2 aromatic rings. The van der Waals surface area contributed by atoms with Crippen LogP contribution in [0.4, 0.5) is 17.6 Å². The summed E-state index contributed by atoms with van der Waals surface area (Å²) in [7, 11) is 0. The molecule has 226 valence electrons. The summed E-state index contributed by atoms with van der Waals surface area (Å²) in [6.07, 6.45) is -3.02. The van der Waals surface area contributed by atoms with Gasteiger partial charge in [0.15, 0.2) is 0 Å². The van der Waals surface area contributed by atoms with Crippen LogP contribution in [0.15, 0.2) is 47.7 Å². The van der Waals surface area contributed by atoms with E-state index in [0.717, 1.165) is 0 Å². The van der Waals surface area contributed by atoms with Gasteiger partial charge in [0.1, 0.15) is 17.8 Å². The molecule has 1 aromatic heterocycles. The number of amides is 3. The molecular formula is C29H33F4N5O4. The highest BCUT2D eigenvalue weighted by atomic mass is 19.4. The summed E-state index contributed by atoms with van der Waals surface area (Å²) >= 11 is 0. The first-order valence-corrected chi connectivity index (χ1v) is 13.5. The van der Waals surface area contributed by atoms with Gasteiger partial charge in [0.05, 0.1) is 23.7 Å². The van der Waals surface area contributed by atoms with E-state index >= 15 is 0 Å². The fraction of sp³-hybridized carbons (Fsp3) is 0.483. The van der Waals surface area contributed by atoms with Crippen molar-refractivity contribution in [2.24, 2.45) is 27.6 Å². The molecule has 3 heterocycles. The standard InChI is InChI=1S/C29H33F4N5O4/c1-27(2,25(34)41)22(9-7-18-13-20(30)8-6-19(18)15-39)24(40)37-12-10-23-28(16-37,14-21-5-3-4-11-35-21)26(42)38(36-23)17-29(31,32)33/h3-6,8,11,13,22,39H,7,9-10,12,14-17H2,1-2H3,(H2,34,41)/t22-,28+/m0/s1. The van der Waals surface area contributed by atoms with Crippen molar-refractivity contribution < 1.29 is 37.1 Å². The van der Waals surface area contributed by atoms with Gasteiger partial charge in [-0.3, -0.25) is 19.4 Å². The predicted molar refractivity (Wildman–Crippen MR) is 144 cm³/mol. The molecule has 0 unspecified atom stereocenters. The lowest BCUT2D eigenvalue weighted by Crippen LogP contribution is -2.58. The first-order chi connectivity index (χ1) is 19.7. The van der Waals surface area contributed by atoms with Crippen LogP contribution in [-0.4, -0.2) is 69.2 Å². The number of aryl methyl sites for hydroxylation is 1. The van der Waals surface area contributed by atoms with Crippen molar-refractivity contribution in [3.05, 3.63) is 65.2 Å². The molecule has 13 heteroatoms. The van der Waals surface area contributed by atoms with Crippen LogP contribution in [0.25, 0.3) is 0 Å². The van der Waals surface area contributed by atoms with E-state index in [1.807, 2.05) is 0 Å². The number of hydrogen-bond donors (Lipinski definition) is 2. The number of benzene rings is 1. The molecule has 0 saturated carbocycles. The number of likely N-dealkylation sites (tertiary alicyclic amines) is 1. The van der Waals surface area contributed by atoms with E-state index in [9.17, 15) is 37.1 Å². The Morgan fingerprint density at radius 3 is 2.52 bits per heavy atom. The van der Waals surface area contributed by atoms with Gasteiger partial charge in [-0.15, -0.1) is 0 Å². The SMILES string of the molecule is CC(C)(C(N)=O)[C@@H](CCc1cc(F)ccc1CO)C(=O)N1CCC2=NN(CC(F)(F)F)C(=O)[C@]2(Cc2ccccn2)C1. The molecule has 1 aromatic carbocycles. The number of piperidine rings is 1. The largest absolute Gasteiger partial charge is 0.408 e. The smallest absolute Gasteiger partial charge is 0.392 e. The second-order valence-electron chi connectivity index (χ2n) is 11.4. The second kappa shape index (κ2) is 11.8. The number of aliphatic hydroxyl groups excluding tert-OH is 1. The summed E-state index contributed by atoms with van der Waals surface area (Å²) in [4.78, 5) is 45.9.